The number of likely N-dealkylation sites (tertiary alicyclic amines) is 1. The molecule has 1 aromatic carbocycles. The number of hydrogen-bond donors (Lipinski definition) is 1. The summed E-state index contributed by atoms with van der Waals surface area (Å²) in [5.74, 6) is -1.18. The number of hydrogen-bond acceptors (Lipinski definition) is 2. The summed E-state index contributed by atoms with van der Waals surface area (Å²) in [5.41, 5.74) is 0.264. The highest BCUT2D eigenvalue weighted by Crippen LogP contribution is 2.34. The first kappa shape index (κ1) is 14.9. The maximum atomic E-state index is 12.6. The monoisotopic (exact) mass is 295 g/mol. The maximum absolute atomic E-state index is 12.6. The second kappa shape index (κ2) is 5.44. The van der Waals surface area contributed by atoms with Crippen molar-refractivity contribution in [1.29, 1.82) is 0 Å². The van der Waals surface area contributed by atoms with E-state index in [1.807, 2.05) is 13.8 Å². The molecule has 5 heteroatoms. The van der Waals surface area contributed by atoms with Crippen LogP contribution < -0.4 is 0 Å². The molecule has 1 fully saturated rings. The Morgan fingerprint density at radius 1 is 1.45 bits per heavy atom. The van der Waals surface area contributed by atoms with E-state index in [1.165, 1.54) is 4.90 Å². The second-order valence-corrected chi connectivity index (χ2v) is 5.62. The number of amides is 1. The Morgan fingerprint density at radius 3 is 2.70 bits per heavy atom. The predicted octanol–water partition coefficient (Wildman–Crippen LogP) is 3.12. The molecule has 1 aliphatic heterocycles. The molecule has 1 amide bonds. The Hall–Kier alpha value is -1.55. The average molecular weight is 296 g/mol. The maximum Gasteiger partial charge on any atom is 0.329 e. The van der Waals surface area contributed by atoms with Crippen LogP contribution in [0.3, 0.4) is 0 Å². The Bertz CT molecular complexity index is 558. The molecule has 20 heavy (non-hydrogen) atoms. The second-order valence-electron chi connectivity index (χ2n) is 5.21. The summed E-state index contributed by atoms with van der Waals surface area (Å²) >= 11 is 6.05. The molecule has 2 rings (SSSR count). The minimum Gasteiger partial charge on any atom is -0.479 e. The Labute approximate surface area is 123 Å². The van der Waals surface area contributed by atoms with Crippen molar-refractivity contribution in [1.82, 2.24) is 4.90 Å². The van der Waals surface area contributed by atoms with Gasteiger partial charge in [-0.2, -0.15) is 0 Å². The first-order chi connectivity index (χ1) is 9.42. The zero-order valence-electron chi connectivity index (χ0n) is 11.6. The van der Waals surface area contributed by atoms with Crippen molar-refractivity contribution < 1.29 is 14.7 Å². The van der Waals surface area contributed by atoms with E-state index in [0.29, 0.717) is 36.4 Å². The van der Waals surface area contributed by atoms with Crippen LogP contribution in [0.2, 0.25) is 5.02 Å². The third-order valence-corrected chi connectivity index (χ3v) is 4.54. The van der Waals surface area contributed by atoms with Crippen LogP contribution in [0.15, 0.2) is 18.2 Å². The van der Waals surface area contributed by atoms with Gasteiger partial charge in [-0.1, -0.05) is 24.6 Å². The molecule has 0 aliphatic carbocycles. The van der Waals surface area contributed by atoms with Gasteiger partial charge >= 0.3 is 5.97 Å². The number of nitrogens with zero attached hydrogens (tertiary/aromatic N) is 1. The molecular formula is C15H18ClNO3. The van der Waals surface area contributed by atoms with Gasteiger partial charge in [-0.25, -0.2) is 4.79 Å². The fourth-order valence-corrected chi connectivity index (χ4v) is 2.98. The normalized spacial score (nSPS) is 22.1. The van der Waals surface area contributed by atoms with Gasteiger partial charge in [-0.15, -0.1) is 0 Å². The van der Waals surface area contributed by atoms with E-state index in [-0.39, 0.29) is 5.91 Å². The summed E-state index contributed by atoms with van der Waals surface area (Å²) in [7, 11) is 0. The Morgan fingerprint density at radius 2 is 2.15 bits per heavy atom. The number of benzene rings is 1. The third-order valence-electron chi connectivity index (χ3n) is 4.14. The van der Waals surface area contributed by atoms with Crippen molar-refractivity contribution >= 4 is 23.5 Å². The quantitative estimate of drug-likeness (QED) is 0.932. The van der Waals surface area contributed by atoms with E-state index in [0.717, 1.165) is 5.56 Å². The standard InChI is InChI=1S/C15H18ClNO3/c1-3-15(14(19)20)7-4-8-17(15)13(18)11-6-5-10(2)12(16)9-11/h5-6,9H,3-4,7-8H2,1-2H3,(H,19,20). The van der Waals surface area contributed by atoms with E-state index < -0.39 is 11.5 Å². The van der Waals surface area contributed by atoms with Crippen LogP contribution in [0.5, 0.6) is 0 Å². The number of carboxylic acids is 1. The molecule has 0 radical (unpaired) electrons. The highest BCUT2D eigenvalue weighted by molar-refractivity contribution is 6.31. The van der Waals surface area contributed by atoms with Crippen molar-refractivity contribution in [2.24, 2.45) is 0 Å². The summed E-state index contributed by atoms with van der Waals surface area (Å²) < 4.78 is 0. The van der Waals surface area contributed by atoms with Crippen LogP contribution in [0, 0.1) is 6.92 Å². The number of carbonyl (C=O) groups is 2. The fourth-order valence-electron chi connectivity index (χ4n) is 2.80. The lowest BCUT2D eigenvalue weighted by Gasteiger charge is -2.34. The number of rotatable bonds is 3. The molecule has 0 aromatic heterocycles. The van der Waals surface area contributed by atoms with Crippen molar-refractivity contribution in [3.8, 4) is 0 Å². The van der Waals surface area contributed by atoms with Gasteiger partial charge in [0.2, 0.25) is 0 Å². The van der Waals surface area contributed by atoms with Crippen LogP contribution in [-0.4, -0.2) is 34.0 Å². The van der Waals surface area contributed by atoms with Crippen molar-refractivity contribution in [2.75, 3.05) is 6.54 Å². The molecular weight excluding hydrogens is 278 g/mol. The summed E-state index contributed by atoms with van der Waals surface area (Å²) in [6.07, 6.45) is 1.63. The number of carboxylic acid groups (broad SMARTS) is 1. The molecule has 1 saturated heterocycles. The van der Waals surface area contributed by atoms with Crippen molar-refractivity contribution in [3.63, 3.8) is 0 Å². The van der Waals surface area contributed by atoms with Gasteiger partial charge in [0.05, 0.1) is 0 Å². The summed E-state index contributed by atoms with van der Waals surface area (Å²) in [5, 5.41) is 10.0. The highest BCUT2D eigenvalue weighted by Gasteiger charge is 2.48. The van der Waals surface area contributed by atoms with E-state index in [1.54, 1.807) is 18.2 Å². The Balaban J connectivity index is 2.36. The average Bonchev–Trinajstić information content (AvgIpc) is 2.86. The van der Waals surface area contributed by atoms with Gasteiger partial charge in [-0.3, -0.25) is 4.79 Å². The van der Waals surface area contributed by atoms with Crippen LogP contribution in [0.25, 0.3) is 0 Å². The van der Waals surface area contributed by atoms with Crippen LogP contribution >= 0.6 is 11.6 Å². The van der Waals surface area contributed by atoms with Gasteiger partial charge in [0.15, 0.2) is 0 Å². The molecule has 1 atom stereocenters. The van der Waals surface area contributed by atoms with Crippen LogP contribution in [-0.2, 0) is 4.79 Å². The zero-order chi connectivity index (χ0) is 14.9. The number of carbonyl (C=O) groups excluding carboxylic acids is 1. The smallest absolute Gasteiger partial charge is 0.329 e. The van der Waals surface area contributed by atoms with E-state index >= 15 is 0 Å². The molecule has 1 unspecified atom stereocenters. The molecule has 0 spiro atoms. The van der Waals surface area contributed by atoms with Gasteiger partial charge in [0.1, 0.15) is 5.54 Å². The molecule has 0 saturated carbocycles. The first-order valence-electron chi connectivity index (χ1n) is 6.74. The number of aliphatic carboxylic acids is 1. The number of halogens is 1. The lowest BCUT2D eigenvalue weighted by Crippen LogP contribution is -2.52. The van der Waals surface area contributed by atoms with Gasteiger partial charge < -0.3 is 10.0 Å². The molecule has 4 nitrogen and oxygen atoms in total. The molecule has 1 N–H and O–H groups in total. The SMILES string of the molecule is CCC1(C(=O)O)CCCN1C(=O)c1ccc(C)c(Cl)c1. The molecule has 1 aliphatic rings. The van der Waals surface area contributed by atoms with E-state index in [2.05, 4.69) is 0 Å². The van der Waals surface area contributed by atoms with Crippen LogP contribution in [0.4, 0.5) is 0 Å². The lowest BCUT2D eigenvalue weighted by molar-refractivity contribution is -0.148. The Kier molecular flexibility index (Phi) is 4.04. The molecule has 1 heterocycles. The minimum absolute atomic E-state index is 0.256. The summed E-state index contributed by atoms with van der Waals surface area (Å²) in [6, 6.07) is 5.09. The fraction of sp³-hybridized carbons (Fsp3) is 0.467. The molecule has 1 aromatic rings. The summed E-state index contributed by atoms with van der Waals surface area (Å²) in [6.45, 7) is 4.15. The van der Waals surface area contributed by atoms with Gasteiger partial charge in [-0.05, 0) is 43.9 Å². The van der Waals surface area contributed by atoms with Gasteiger partial charge in [0.25, 0.3) is 5.91 Å². The van der Waals surface area contributed by atoms with Crippen molar-refractivity contribution in [2.45, 2.75) is 38.6 Å². The highest BCUT2D eigenvalue weighted by atomic mass is 35.5. The van der Waals surface area contributed by atoms with E-state index in [9.17, 15) is 14.7 Å². The third kappa shape index (κ3) is 2.29. The summed E-state index contributed by atoms with van der Waals surface area (Å²) in [4.78, 5) is 25.7. The van der Waals surface area contributed by atoms with Crippen molar-refractivity contribution in [3.05, 3.63) is 34.3 Å². The predicted molar refractivity (Wildman–Crippen MR) is 77.1 cm³/mol. The van der Waals surface area contributed by atoms with E-state index in [4.69, 9.17) is 11.6 Å². The first-order valence-corrected chi connectivity index (χ1v) is 7.11. The topological polar surface area (TPSA) is 57.6 Å². The lowest BCUT2D eigenvalue weighted by atomic mass is 9.92. The largest absolute Gasteiger partial charge is 0.479 e. The van der Waals surface area contributed by atoms with Crippen LogP contribution in [0.1, 0.15) is 42.1 Å². The zero-order valence-corrected chi connectivity index (χ0v) is 12.4. The molecule has 108 valence electrons. The number of aryl methyl sites for hydroxylation is 1. The minimum atomic E-state index is -1.07. The molecule has 0 bridgehead atoms. The van der Waals surface area contributed by atoms with Gasteiger partial charge in [0, 0.05) is 17.1 Å².